The molecule has 0 unspecified atom stereocenters. The number of hydrogen-bond donors (Lipinski definition) is 0. The van der Waals surface area contributed by atoms with Gasteiger partial charge in [0, 0.05) is 11.6 Å². The molecular formula is C11H6N4O. The smallest absolute Gasteiger partial charge is 0.263 e. The number of fused-ring (bicyclic) bond motifs is 1. The maximum absolute atomic E-state index is 11.4. The van der Waals surface area contributed by atoms with Crippen LogP contribution in [0.15, 0.2) is 52.0 Å². The number of rotatable bonds is 1. The molecule has 1 amide bonds. The summed E-state index contributed by atoms with van der Waals surface area (Å²) in [5.41, 5.74) is 0.741. The Bertz CT molecular complexity index is 640. The second kappa shape index (κ2) is 3.30. The van der Waals surface area contributed by atoms with Gasteiger partial charge in [0.1, 0.15) is 5.69 Å². The second-order valence-corrected chi connectivity index (χ2v) is 3.32. The molecule has 1 aliphatic heterocycles. The molecule has 0 atom stereocenters. The van der Waals surface area contributed by atoms with Crippen molar-refractivity contribution in [3.8, 4) is 0 Å². The Labute approximate surface area is 90.5 Å². The Balaban J connectivity index is 2.29. The Morgan fingerprint density at radius 2 is 1.94 bits per heavy atom. The van der Waals surface area contributed by atoms with Gasteiger partial charge in [-0.15, -0.1) is 5.10 Å². The van der Waals surface area contributed by atoms with Crippen molar-refractivity contribution in [1.29, 1.82) is 0 Å². The minimum Gasteiger partial charge on any atom is -0.263 e. The molecule has 5 heteroatoms. The summed E-state index contributed by atoms with van der Waals surface area (Å²) < 4.78 is 0. The lowest BCUT2D eigenvalue weighted by molar-refractivity contribution is -0.111. The van der Waals surface area contributed by atoms with E-state index in [1.54, 1.807) is 6.20 Å². The first-order chi connectivity index (χ1) is 7.86. The predicted octanol–water partition coefficient (Wildman–Crippen LogP) is 1.93. The summed E-state index contributed by atoms with van der Waals surface area (Å²) in [6.45, 7) is 0. The lowest BCUT2D eigenvalue weighted by Crippen LogP contribution is -2.11. The number of amides is 1. The fourth-order valence-corrected chi connectivity index (χ4v) is 1.65. The molecule has 0 aliphatic carbocycles. The van der Waals surface area contributed by atoms with Gasteiger partial charge in [-0.3, -0.25) is 9.78 Å². The normalized spacial score (nSPS) is 14.5. The van der Waals surface area contributed by atoms with E-state index in [1.807, 2.05) is 30.3 Å². The molecule has 1 aromatic heterocycles. The summed E-state index contributed by atoms with van der Waals surface area (Å²) in [4.78, 5) is 15.6. The quantitative estimate of drug-likeness (QED) is 0.721. The maximum atomic E-state index is 11.4. The van der Waals surface area contributed by atoms with E-state index < -0.39 is 5.91 Å². The summed E-state index contributed by atoms with van der Waals surface area (Å²) >= 11 is 0. The third-order valence-corrected chi connectivity index (χ3v) is 2.38. The lowest BCUT2D eigenvalue weighted by atomic mass is 10.1. The number of carbonyl (C=O) groups excluding carboxylic acids is 1. The first-order valence-electron chi connectivity index (χ1n) is 4.73. The molecule has 3 rings (SSSR count). The van der Waals surface area contributed by atoms with Gasteiger partial charge in [-0.2, -0.15) is 0 Å². The zero-order valence-corrected chi connectivity index (χ0v) is 8.16. The van der Waals surface area contributed by atoms with Crippen LogP contribution in [0, 0.1) is 0 Å². The standard InChI is InChI=1S/C11H6N4O/c16-11-10(13-15-14-11)9-8-4-2-1-3-7(8)5-6-12-9/h1-6H. The number of aromatic nitrogens is 1. The lowest BCUT2D eigenvalue weighted by Gasteiger charge is -2.02. The molecule has 1 aromatic carbocycles. The van der Waals surface area contributed by atoms with Gasteiger partial charge in [-0.1, -0.05) is 29.4 Å². The first-order valence-corrected chi connectivity index (χ1v) is 4.73. The van der Waals surface area contributed by atoms with Crippen molar-refractivity contribution in [3.05, 3.63) is 42.2 Å². The van der Waals surface area contributed by atoms with Crippen LogP contribution in [-0.4, -0.2) is 16.6 Å². The van der Waals surface area contributed by atoms with Crippen molar-refractivity contribution in [2.24, 2.45) is 15.4 Å². The summed E-state index contributed by atoms with van der Waals surface area (Å²) in [6.07, 6.45) is 1.64. The molecule has 16 heavy (non-hydrogen) atoms. The van der Waals surface area contributed by atoms with Crippen LogP contribution in [0.5, 0.6) is 0 Å². The second-order valence-electron chi connectivity index (χ2n) is 3.32. The van der Waals surface area contributed by atoms with Gasteiger partial charge >= 0.3 is 5.91 Å². The summed E-state index contributed by atoms with van der Waals surface area (Å²) in [7, 11) is 0. The highest BCUT2D eigenvalue weighted by Crippen LogP contribution is 2.18. The fraction of sp³-hybridized carbons (Fsp3) is 0. The predicted molar refractivity (Wildman–Crippen MR) is 58.1 cm³/mol. The van der Waals surface area contributed by atoms with Crippen LogP contribution >= 0.6 is 0 Å². The maximum Gasteiger partial charge on any atom is 0.319 e. The molecule has 0 radical (unpaired) electrons. The zero-order valence-electron chi connectivity index (χ0n) is 8.16. The monoisotopic (exact) mass is 210 g/mol. The number of benzene rings is 1. The molecular weight excluding hydrogens is 204 g/mol. The van der Waals surface area contributed by atoms with Crippen LogP contribution in [0.2, 0.25) is 0 Å². The summed E-state index contributed by atoms with van der Waals surface area (Å²) in [5, 5.41) is 12.3. The molecule has 1 aliphatic rings. The largest absolute Gasteiger partial charge is 0.319 e. The molecule has 0 bridgehead atoms. The van der Waals surface area contributed by atoms with Crippen LogP contribution in [0.3, 0.4) is 0 Å². The third-order valence-electron chi connectivity index (χ3n) is 2.38. The van der Waals surface area contributed by atoms with Gasteiger partial charge in [0.15, 0.2) is 5.71 Å². The van der Waals surface area contributed by atoms with E-state index in [-0.39, 0.29) is 5.71 Å². The minimum atomic E-state index is -0.441. The van der Waals surface area contributed by atoms with Crippen molar-refractivity contribution in [1.82, 2.24) is 4.98 Å². The Morgan fingerprint density at radius 3 is 2.75 bits per heavy atom. The van der Waals surface area contributed by atoms with Crippen LogP contribution in [0.25, 0.3) is 10.8 Å². The minimum absolute atomic E-state index is 0.205. The summed E-state index contributed by atoms with van der Waals surface area (Å²) in [5.74, 6) is -0.441. The molecule has 0 saturated heterocycles. The molecule has 2 heterocycles. The third kappa shape index (κ3) is 1.22. The molecule has 5 nitrogen and oxygen atoms in total. The van der Waals surface area contributed by atoms with Crippen molar-refractivity contribution in [3.63, 3.8) is 0 Å². The van der Waals surface area contributed by atoms with Crippen molar-refractivity contribution in [2.75, 3.05) is 0 Å². The van der Waals surface area contributed by atoms with E-state index in [4.69, 9.17) is 0 Å². The van der Waals surface area contributed by atoms with Crippen molar-refractivity contribution >= 4 is 22.4 Å². The van der Waals surface area contributed by atoms with E-state index in [1.165, 1.54) is 0 Å². The molecule has 0 N–H and O–H groups in total. The topological polar surface area (TPSA) is 67.0 Å². The SMILES string of the molecule is O=C1N=NN=C1c1nccc2ccccc12. The van der Waals surface area contributed by atoms with Gasteiger partial charge in [0.25, 0.3) is 0 Å². The van der Waals surface area contributed by atoms with E-state index >= 15 is 0 Å². The van der Waals surface area contributed by atoms with Gasteiger partial charge in [-0.05, 0) is 16.7 Å². The zero-order chi connectivity index (χ0) is 11.0. The summed E-state index contributed by atoms with van der Waals surface area (Å²) in [6, 6.07) is 9.55. The van der Waals surface area contributed by atoms with E-state index in [9.17, 15) is 4.79 Å². The van der Waals surface area contributed by atoms with Gasteiger partial charge in [0.05, 0.1) is 0 Å². The number of nitrogens with zero attached hydrogens (tertiary/aromatic N) is 4. The highest BCUT2D eigenvalue weighted by Gasteiger charge is 2.21. The van der Waals surface area contributed by atoms with Crippen molar-refractivity contribution < 1.29 is 4.79 Å². The van der Waals surface area contributed by atoms with E-state index in [0.29, 0.717) is 5.69 Å². The first kappa shape index (κ1) is 8.84. The molecule has 76 valence electrons. The number of hydrogen-bond acceptors (Lipinski definition) is 4. The van der Waals surface area contributed by atoms with Gasteiger partial charge < -0.3 is 0 Å². The Hall–Kier alpha value is -2.43. The average Bonchev–Trinajstić information content (AvgIpc) is 2.75. The molecule has 0 spiro atoms. The Morgan fingerprint density at radius 1 is 1.06 bits per heavy atom. The molecule has 0 fully saturated rings. The van der Waals surface area contributed by atoms with Crippen molar-refractivity contribution in [2.45, 2.75) is 0 Å². The molecule has 0 saturated carbocycles. The van der Waals surface area contributed by atoms with Crippen LogP contribution in [0.4, 0.5) is 0 Å². The van der Waals surface area contributed by atoms with E-state index in [2.05, 4.69) is 20.4 Å². The van der Waals surface area contributed by atoms with Crippen LogP contribution < -0.4 is 0 Å². The van der Waals surface area contributed by atoms with Crippen LogP contribution in [0.1, 0.15) is 5.69 Å². The molecule has 2 aromatic rings. The Kier molecular flexibility index (Phi) is 1.83. The van der Waals surface area contributed by atoms with Crippen LogP contribution in [-0.2, 0) is 4.79 Å². The number of pyridine rings is 1. The highest BCUT2D eigenvalue weighted by molar-refractivity contribution is 6.47. The van der Waals surface area contributed by atoms with E-state index in [0.717, 1.165) is 10.8 Å². The fourth-order valence-electron chi connectivity index (χ4n) is 1.65. The number of carbonyl (C=O) groups is 1. The van der Waals surface area contributed by atoms with Gasteiger partial charge in [0.2, 0.25) is 0 Å². The average molecular weight is 210 g/mol. The van der Waals surface area contributed by atoms with Gasteiger partial charge in [-0.25, -0.2) is 0 Å². The highest BCUT2D eigenvalue weighted by atomic mass is 16.2.